The van der Waals surface area contributed by atoms with Crippen LogP contribution in [-0.2, 0) is 25.8 Å². The summed E-state index contributed by atoms with van der Waals surface area (Å²) in [5.41, 5.74) is 5.62. The van der Waals surface area contributed by atoms with E-state index in [9.17, 15) is 15.0 Å². The number of fused-ring (bicyclic) bond motifs is 3. The van der Waals surface area contributed by atoms with Crippen molar-refractivity contribution in [1.29, 1.82) is 0 Å². The van der Waals surface area contributed by atoms with Crippen LogP contribution in [0.25, 0.3) is 10.9 Å². The lowest BCUT2D eigenvalue weighted by atomic mass is 9.93. The predicted octanol–water partition coefficient (Wildman–Crippen LogP) is 4.17. The van der Waals surface area contributed by atoms with Crippen LogP contribution in [0.3, 0.4) is 0 Å². The van der Waals surface area contributed by atoms with E-state index in [1.807, 2.05) is 18.2 Å². The first-order chi connectivity index (χ1) is 14.0. The number of hydrogen-bond acceptors (Lipinski definition) is 4. The summed E-state index contributed by atoms with van der Waals surface area (Å²) in [7, 11) is 0. The van der Waals surface area contributed by atoms with Crippen molar-refractivity contribution in [3.8, 4) is 5.75 Å². The molecule has 0 aliphatic carbocycles. The Morgan fingerprint density at radius 2 is 1.83 bits per heavy atom. The SMILES string of the molecule is CCc1ccc(Cc2nc3c4c(ccc3c(C(=O)O)c2O)CCN(CC)C4)cc1. The van der Waals surface area contributed by atoms with E-state index in [-0.39, 0.29) is 11.3 Å². The summed E-state index contributed by atoms with van der Waals surface area (Å²) >= 11 is 0. The van der Waals surface area contributed by atoms with Gasteiger partial charge in [0.05, 0.1) is 11.2 Å². The molecule has 0 amide bonds. The number of aromatic carboxylic acids is 1. The van der Waals surface area contributed by atoms with E-state index in [2.05, 4.69) is 30.9 Å². The Labute approximate surface area is 170 Å². The maximum atomic E-state index is 12.0. The largest absolute Gasteiger partial charge is 0.505 e. The number of hydrogen-bond donors (Lipinski definition) is 2. The molecule has 5 heteroatoms. The van der Waals surface area contributed by atoms with E-state index in [1.165, 1.54) is 11.1 Å². The first-order valence-electron chi connectivity index (χ1n) is 10.2. The molecule has 2 heterocycles. The van der Waals surface area contributed by atoms with Crippen LogP contribution in [0, 0.1) is 0 Å². The summed E-state index contributed by atoms with van der Waals surface area (Å²) < 4.78 is 0. The van der Waals surface area contributed by atoms with Crippen molar-refractivity contribution in [2.45, 2.75) is 39.7 Å². The van der Waals surface area contributed by atoms with E-state index in [0.29, 0.717) is 23.0 Å². The van der Waals surface area contributed by atoms with Gasteiger partial charge in [-0.3, -0.25) is 4.90 Å². The fourth-order valence-electron chi connectivity index (χ4n) is 4.15. The average Bonchev–Trinajstić information content (AvgIpc) is 2.74. The molecule has 1 aliphatic rings. The number of rotatable bonds is 5. The quantitative estimate of drug-likeness (QED) is 0.684. The highest BCUT2D eigenvalue weighted by molar-refractivity contribution is 6.06. The number of benzene rings is 2. The van der Waals surface area contributed by atoms with Crippen LogP contribution in [0.5, 0.6) is 5.75 Å². The van der Waals surface area contributed by atoms with Gasteiger partial charge in [-0.15, -0.1) is 0 Å². The van der Waals surface area contributed by atoms with Gasteiger partial charge in [-0.05, 0) is 41.6 Å². The molecule has 2 aromatic carbocycles. The third kappa shape index (κ3) is 3.58. The second kappa shape index (κ2) is 7.84. The molecule has 0 radical (unpaired) electrons. The van der Waals surface area contributed by atoms with Gasteiger partial charge in [0, 0.05) is 24.9 Å². The van der Waals surface area contributed by atoms with Crippen LogP contribution in [0.2, 0.25) is 0 Å². The second-order valence-corrected chi connectivity index (χ2v) is 7.65. The van der Waals surface area contributed by atoms with E-state index in [0.717, 1.165) is 43.6 Å². The van der Waals surface area contributed by atoms with Crippen molar-refractivity contribution in [1.82, 2.24) is 9.88 Å². The van der Waals surface area contributed by atoms with E-state index in [1.54, 1.807) is 6.07 Å². The van der Waals surface area contributed by atoms with Crippen molar-refractivity contribution in [2.24, 2.45) is 0 Å². The van der Waals surface area contributed by atoms with E-state index >= 15 is 0 Å². The van der Waals surface area contributed by atoms with Gasteiger partial charge >= 0.3 is 5.97 Å². The molecule has 3 aromatic rings. The van der Waals surface area contributed by atoms with Gasteiger partial charge in [0.2, 0.25) is 0 Å². The zero-order valence-corrected chi connectivity index (χ0v) is 16.9. The minimum atomic E-state index is -1.12. The van der Waals surface area contributed by atoms with Crippen LogP contribution in [0.1, 0.15) is 52.2 Å². The molecule has 1 aromatic heterocycles. The van der Waals surface area contributed by atoms with Gasteiger partial charge < -0.3 is 10.2 Å². The topological polar surface area (TPSA) is 73.7 Å². The molecule has 1 aliphatic heterocycles. The third-order valence-corrected chi connectivity index (χ3v) is 5.95. The number of carboxylic acid groups (broad SMARTS) is 1. The number of aromatic nitrogens is 1. The standard InChI is InChI=1S/C24H26N2O3/c1-3-15-5-7-16(8-6-15)13-20-23(27)21(24(28)29)18-10-9-17-11-12-26(4-2)14-19(17)22(18)25-20/h5-10,27H,3-4,11-14H2,1-2H3,(H,28,29). The molecule has 0 unspecified atom stereocenters. The number of likely N-dealkylation sites (N-methyl/N-ethyl adjacent to an activating group) is 1. The molecule has 29 heavy (non-hydrogen) atoms. The minimum absolute atomic E-state index is 0.0494. The molecule has 0 fully saturated rings. The smallest absolute Gasteiger partial charge is 0.340 e. The fraction of sp³-hybridized carbons (Fsp3) is 0.333. The zero-order chi connectivity index (χ0) is 20.5. The molecular formula is C24H26N2O3. The van der Waals surface area contributed by atoms with Crippen LogP contribution in [0.4, 0.5) is 0 Å². The normalized spacial score (nSPS) is 14.1. The van der Waals surface area contributed by atoms with Crippen molar-refractivity contribution in [2.75, 3.05) is 13.1 Å². The Hall–Kier alpha value is -2.92. The van der Waals surface area contributed by atoms with Gasteiger partial charge in [-0.2, -0.15) is 0 Å². The van der Waals surface area contributed by atoms with Crippen LogP contribution in [-0.4, -0.2) is 39.2 Å². The van der Waals surface area contributed by atoms with Crippen molar-refractivity contribution < 1.29 is 15.0 Å². The van der Waals surface area contributed by atoms with Crippen LogP contribution in [0.15, 0.2) is 36.4 Å². The van der Waals surface area contributed by atoms with Crippen LogP contribution < -0.4 is 0 Å². The fourth-order valence-corrected chi connectivity index (χ4v) is 4.15. The average molecular weight is 390 g/mol. The van der Waals surface area contributed by atoms with Gasteiger partial charge in [0.15, 0.2) is 5.75 Å². The zero-order valence-electron chi connectivity index (χ0n) is 16.9. The second-order valence-electron chi connectivity index (χ2n) is 7.65. The lowest BCUT2D eigenvalue weighted by molar-refractivity contribution is 0.0695. The summed E-state index contributed by atoms with van der Waals surface area (Å²) in [6.45, 7) is 6.92. The molecule has 5 nitrogen and oxygen atoms in total. The minimum Gasteiger partial charge on any atom is -0.505 e. The Bertz CT molecular complexity index is 1070. The number of aromatic hydroxyl groups is 1. The summed E-state index contributed by atoms with van der Waals surface area (Å²) in [5, 5.41) is 21.1. The Balaban J connectivity index is 1.87. The highest BCUT2D eigenvalue weighted by Gasteiger charge is 2.25. The Morgan fingerprint density at radius 3 is 2.48 bits per heavy atom. The molecule has 0 atom stereocenters. The molecule has 150 valence electrons. The highest BCUT2D eigenvalue weighted by atomic mass is 16.4. The van der Waals surface area contributed by atoms with Crippen molar-refractivity contribution in [3.05, 3.63) is 69.9 Å². The number of carboxylic acids is 1. The molecule has 2 N–H and O–H groups in total. The predicted molar refractivity (Wildman–Crippen MR) is 114 cm³/mol. The first-order valence-corrected chi connectivity index (χ1v) is 10.2. The van der Waals surface area contributed by atoms with Crippen LogP contribution >= 0.6 is 0 Å². The van der Waals surface area contributed by atoms with Gasteiger partial charge in [0.25, 0.3) is 0 Å². The monoisotopic (exact) mass is 390 g/mol. The lowest BCUT2D eigenvalue weighted by Gasteiger charge is -2.28. The van der Waals surface area contributed by atoms with E-state index < -0.39 is 5.97 Å². The molecule has 4 rings (SSSR count). The Morgan fingerprint density at radius 1 is 1.10 bits per heavy atom. The van der Waals surface area contributed by atoms with E-state index in [4.69, 9.17) is 4.98 Å². The third-order valence-electron chi connectivity index (χ3n) is 5.95. The summed E-state index contributed by atoms with van der Waals surface area (Å²) in [6.07, 6.45) is 2.29. The number of nitrogens with zero attached hydrogens (tertiary/aromatic N) is 2. The Kier molecular flexibility index (Phi) is 5.24. The number of carbonyl (C=O) groups is 1. The molecule has 0 bridgehead atoms. The first kappa shape index (κ1) is 19.4. The van der Waals surface area contributed by atoms with Gasteiger partial charge in [0.1, 0.15) is 5.56 Å². The van der Waals surface area contributed by atoms with Crippen molar-refractivity contribution >= 4 is 16.9 Å². The number of pyridine rings is 1. The molecule has 0 saturated heterocycles. The molecular weight excluding hydrogens is 364 g/mol. The van der Waals surface area contributed by atoms with Gasteiger partial charge in [-0.25, -0.2) is 9.78 Å². The summed E-state index contributed by atoms with van der Waals surface area (Å²) in [4.78, 5) is 19.1. The van der Waals surface area contributed by atoms with Crippen molar-refractivity contribution in [3.63, 3.8) is 0 Å². The lowest BCUT2D eigenvalue weighted by Crippen LogP contribution is -2.30. The highest BCUT2D eigenvalue weighted by Crippen LogP contribution is 2.35. The maximum Gasteiger partial charge on any atom is 0.340 e. The molecule has 0 spiro atoms. The summed E-state index contributed by atoms with van der Waals surface area (Å²) in [5.74, 6) is -1.35. The van der Waals surface area contributed by atoms with Gasteiger partial charge in [-0.1, -0.05) is 50.2 Å². The maximum absolute atomic E-state index is 12.0. The molecule has 0 saturated carbocycles. The number of aryl methyl sites for hydroxylation is 1. The summed E-state index contributed by atoms with van der Waals surface area (Å²) in [6, 6.07) is 11.9.